The molecule has 0 spiro atoms. The molecule has 0 radical (unpaired) electrons. The van der Waals surface area contributed by atoms with Crippen molar-refractivity contribution in [3.8, 4) is 11.5 Å². The van der Waals surface area contributed by atoms with Crippen LogP contribution in [0.5, 0.6) is 11.5 Å². The number of aromatic hydroxyl groups is 1. The number of ether oxygens (including phenoxy) is 1. The van der Waals surface area contributed by atoms with Crippen LogP contribution in [0.25, 0.3) is 0 Å². The number of carbonyl (C=O) groups is 2. The van der Waals surface area contributed by atoms with E-state index in [-0.39, 0.29) is 10.8 Å². The summed E-state index contributed by atoms with van der Waals surface area (Å²) in [5.41, 5.74) is 1.74. The summed E-state index contributed by atoms with van der Waals surface area (Å²) in [4.78, 5) is 25.1. The van der Waals surface area contributed by atoms with Crippen molar-refractivity contribution < 1.29 is 19.4 Å². The highest BCUT2D eigenvalue weighted by Gasteiger charge is 2.32. The first-order valence-corrected chi connectivity index (χ1v) is 9.39. The number of halogens is 2. The molecule has 1 heterocycles. The lowest BCUT2D eigenvalue weighted by Gasteiger charge is -2.29. The Hall–Kier alpha value is -2.71. The molecule has 0 aliphatic carbocycles. The molecule has 28 heavy (non-hydrogen) atoms. The molecule has 9 heteroatoms. The molecule has 2 aromatic carbocycles. The molecule has 4 N–H and O–H groups in total. The summed E-state index contributed by atoms with van der Waals surface area (Å²) < 4.78 is 5.62. The number of hydrogen-bond acceptors (Lipinski definition) is 4. The van der Waals surface area contributed by atoms with Gasteiger partial charge in [-0.2, -0.15) is 0 Å². The second-order valence-corrected chi connectivity index (χ2v) is 7.32. The number of amides is 3. The minimum atomic E-state index is -0.766. The van der Waals surface area contributed by atoms with E-state index in [9.17, 15) is 14.7 Å². The Bertz CT molecular complexity index is 970. The van der Waals surface area contributed by atoms with E-state index < -0.39 is 18.0 Å². The van der Waals surface area contributed by atoms with E-state index in [0.29, 0.717) is 32.7 Å². The number of phenolic OH excluding ortho intramolecular Hbond substituents is 1. The molecule has 0 saturated carbocycles. The van der Waals surface area contributed by atoms with Crippen molar-refractivity contribution >= 4 is 45.2 Å². The summed E-state index contributed by atoms with van der Waals surface area (Å²) in [5.74, 6) is -0.0277. The first-order chi connectivity index (χ1) is 13.3. The summed E-state index contributed by atoms with van der Waals surface area (Å²) in [6.07, 6.45) is 0. The van der Waals surface area contributed by atoms with E-state index >= 15 is 0 Å². The average Bonchev–Trinajstić information content (AvgIpc) is 2.65. The molecular weight excluding hydrogens is 450 g/mol. The van der Waals surface area contributed by atoms with Crippen LogP contribution in [-0.2, 0) is 4.79 Å². The van der Waals surface area contributed by atoms with Crippen LogP contribution in [0.3, 0.4) is 0 Å². The fourth-order valence-electron chi connectivity index (χ4n) is 2.93. The zero-order valence-electron chi connectivity index (χ0n) is 15.0. The van der Waals surface area contributed by atoms with E-state index in [2.05, 4.69) is 31.9 Å². The second kappa shape index (κ2) is 8.12. The molecular formula is C19H17BrClN3O4. The van der Waals surface area contributed by atoms with Gasteiger partial charge in [-0.3, -0.25) is 4.79 Å². The number of carbonyl (C=O) groups excluding carboxylic acids is 2. The number of para-hydroxylation sites is 2. The highest BCUT2D eigenvalue weighted by Crippen LogP contribution is 2.38. The molecule has 1 aliphatic rings. The molecule has 0 aromatic heterocycles. The zero-order chi connectivity index (χ0) is 20.4. The molecule has 1 unspecified atom stereocenters. The first-order valence-electron chi connectivity index (χ1n) is 8.22. The summed E-state index contributed by atoms with van der Waals surface area (Å²) >= 11 is 9.29. The third-order valence-corrected chi connectivity index (χ3v) is 5.13. The lowest BCUT2D eigenvalue weighted by Crippen LogP contribution is -2.46. The van der Waals surface area contributed by atoms with Gasteiger partial charge < -0.3 is 25.8 Å². The maximum atomic E-state index is 13.1. The van der Waals surface area contributed by atoms with Gasteiger partial charge in [-0.25, -0.2) is 4.79 Å². The van der Waals surface area contributed by atoms with Gasteiger partial charge in [0.05, 0.1) is 33.9 Å². The first kappa shape index (κ1) is 20.0. The molecule has 0 fully saturated rings. The van der Waals surface area contributed by atoms with E-state index in [1.54, 1.807) is 37.3 Å². The van der Waals surface area contributed by atoms with Gasteiger partial charge in [0, 0.05) is 5.70 Å². The van der Waals surface area contributed by atoms with Crippen LogP contribution in [0, 0.1) is 0 Å². The van der Waals surface area contributed by atoms with Gasteiger partial charge in [0.25, 0.3) is 5.91 Å². The molecule has 0 saturated heterocycles. The maximum absolute atomic E-state index is 13.1. The highest BCUT2D eigenvalue weighted by atomic mass is 79.9. The molecule has 0 bridgehead atoms. The van der Waals surface area contributed by atoms with Gasteiger partial charge in [-0.05, 0) is 52.7 Å². The Morgan fingerprint density at radius 3 is 2.71 bits per heavy atom. The van der Waals surface area contributed by atoms with Gasteiger partial charge >= 0.3 is 6.03 Å². The van der Waals surface area contributed by atoms with Crippen molar-refractivity contribution in [2.45, 2.75) is 13.0 Å². The van der Waals surface area contributed by atoms with Crippen molar-refractivity contribution in [1.82, 2.24) is 10.6 Å². The minimum absolute atomic E-state index is 0.0966. The molecule has 146 valence electrons. The minimum Gasteiger partial charge on any atom is -0.505 e. The van der Waals surface area contributed by atoms with E-state index in [0.717, 1.165) is 0 Å². The normalized spacial score (nSPS) is 16.3. The van der Waals surface area contributed by atoms with Crippen LogP contribution in [0.1, 0.15) is 18.5 Å². The van der Waals surface area contributed by atoms with Gasteiger partial charge in [0.1, 0.15) is 11.5 Å². The Balaban J connectivity index is 2.01. The number of rotatable bonds is 4. The number of phenols is 1. The monoisotopic (exact) mass is 465 g/mol. The maximum Gasteiger partial charge on any atom is 0.319 e. The van der Waals surface area contributed by atoms with E-state index in [1.807, 2.05) is 0 Å². The fraction of sp³-hybridized carbons (Fsp3) is 0.158. The molecule has 3 amide bonds. The SMILES string of the molecule is COc1ccccc1NC(=O)C1=C(C)NC(=O)NC1c1cc(Cl)c(O)c(Br)c1. The number of hydrogen-bond donors (Lipinski definition) is 4. The number of allylic oxidation sites excluding steroid dienone is 1. The summed E-state index contributed by atoms with van der Waals surface area (Å²) in [7, 11) is 1.51. The summed E-state index contributed by atoms with van der Waals surface area (Å²) in [6.45, 7) is 1.64. The summed E-state index contributed by atoms with van der Waals surface area (Å²) in [6, 6.07) is 8.89. The lowest BCUT2D eigenvalue weighted by atomic mass is 9.94. The Kier molecular flexibility index (Phi) is 5.81. The standard InChI is InChI=1S/C19H17BrClN3O4/c1-9-15(18(26)23-13-5-3-4-6-14(13)28-2)16(24-19(27)22-9)10-7-11(20)17(25)12(21)8-10/h3-8,16,25H,1-2H3,(H,23,26)(H2,22,24,27). The van der Waals surface area contributed by atoms with E-state index in [1.165, 1.54) is 13.2 Å². The average molecular weight is 467 g/mol. The van der Waals surface area contributed by atoms with Gasteiger partial charge in [0.2, 0.25) is 0 Å². The molecule has 1 atom stereocenters. The van der Waals surface area contributed by atoms with Crippen molar-refractivity contribution in [3.63, 3.8) is 0 Å². The number of methoxy groups -OCH3 is 1. The topological polar surface area (TPSA) is 99.7 Å². The van der Waals surface area contributed by atoms with Crippen LogP contribution >= 0.6 is 27.5 Å². The van der Waals surface area contributed by atoms with Crippen LogP contribution in [0.2, 0.25) is 5.02 Å². The quantitative estimate of drug-likeness (QED) is 0.545. The van der Waals surface area contributed by atoms with Crippen LogP contribution in [-0.4, -0.2) is 24.2 Å². The van der Waals surface area contributed by atoms with Crippen molar-refractivity contribution in [3.05, 3.63) is 62.7 Å². The van der Waals surface area contributed by atoms with Crippen molar-refractivity contribution in [2.24, 2.45) is 0 Å². The van der Waals surface area contributed by atoms with Gasteiger partial charge in [-0.1, -0.05) is 23.7 Å². The molecule has 1 aliphatic heterocycles. The van der Waals surface area contributed by atoms with Gasteiger partial charge in [0.15, 0.2) is 0 Å². The smallest absolute Gasteiger partial charge is 0.319 e. The predicted molar refractivity (Wildman–Crippen MR) is 110 cm³/mol. The van der Waals surface area contributed by atoms with Crippen LogP contribution < -0.4 is 20.7 Å². The molecule has 7 nitrogen and oxygen atoms in total. The fourth-order valence-corrected chi connectivity index (χ4v) is 3.75. The lowest BCUT2D eigenvalue weighted by molar-refractivity contribution is -0.113. The van der Waals surface area contributed by atoms with Crippen LogP contribution in [0.15, 0.2) is 52.1 Å². The number of benzene rings is 2. The van der Waals surface area contributed by atoms with Crippen LogP contribution in [0.4, 0.5) is 10.5 Å². The van der Waals surface area contributed by atoms with Crippen molar-refractivity contribution in [1.29, 1.82) is 0 Å². The predicted octanol–water partition coefficient (Wildman–Crippen LogP) is 4.08. The Labute approximate surface area is 174 Å². The Morgan fingerprint density at radius 1 is 1.32 bits per heavy atom. The molecule has 3 rings (SSSR count). The number of urea groups is 1. The second-order valence-electron chi connectivity index (χ2n) is 6.06. The van der Waals surface area contributed by atoms with Gasteiger partial charge in [-0.15, -0.1) is 0 Å². The van der Waals surface area contributed by atoms with E-state index in [4.69, 9.17) is 16.3 Å². The Morgan fingerprint density at radius 2 is 2.04 bits per heavy atom. The number of anilines is 1. The third kappa shape index (κ3) is 3.93. The molecule has 2 aromatic rings. The largest absolute Gasteiger partial charge is 0.505 e. The summed E-state index contributed by atoms with van der Waals surface area (Å²) in [5, 5.41) is 18.1. The zero-order valence-corrected chi connectivity index (χ0v) is 17.3. The highest BCUT2D eigenvalue weighted by molar-refractivity contribution is 9.10. The number of nitrogens with one attached hydrogen (secondary N) is 3. The third-order valence-electron chi connectivity index (χ3n) is 4.24. The van der Waals surface area contributed by atoms with Crippen molar-refractivity contribution in [2.75, 3.05) is 12.4 Å².